The van der Waals surface area contributed by atoms with Gasteiger partial charge in [0.15, 0.2) is 0 Å². The zero-order chi connectivity index (χ0) is 21.3. The second kappa shape index (κ2) is 8.14. The molecule has 9 heteroatoms. The van der Waals surface area contributed by atoms with E-state index in [9.17, 15) is 19.2 Å². The van der Waals surface area contributed by atoms with Crippen molar-refractivity contribution in [3.05, 3.63) is 16.0 Å². The smallest absolute Gasteiger partial charge is 0.341 e. The van der Waals surface area contributed by atoms with Crippen LogP contribution in [0.2, 0.25) is 0 Å². The largest absolute Gasteiger partial charge is 0.465 e. The van der Waals surface area contributed by atoms with E-state index in [1.165, 1.54) is 18.4 Å². The van der Waals surface area contributed by atoms with Gasteiger partial charge >= 0.3 is 12.0 Å². The van der Waals surface area contributed by atoms with Crippen molar-refractivity contribution in [3.63, 3.8) is 0 Å². The van der Waals surface area contributed by atoms with E-state index in [4.69, 9.17) is 4.74 Å². The van der Waals surface area contributed by atoms with Gasteiger partial charge in [0.05, 0.1) is 12.7 Å². The first kappa shape index (κ1) is 21.3. The quantitative estimate of drug-likeness (QED) is 0.562. The van der Waals surface area contributed by atoms with E-state index < -0.39 is 30.0 Å². The van der Waals surface area contributed by atoms with Crippen molar-refractivity contribution < 1.29 is 23.9 Å². The number of esters is 1. The molecule has 1 aliphatic heterocycles. The number of ether oxygens (including phenoxy) is 1. The van der Waals surface area contributed by atoms with E-state index in [1.54, 1.807) is 13.8 Å². The molecule has 4 amide bonds. The van der Waals surface area contributed by atoms with Crippen molar-refractivity contribution in [2.24, 2.45) is 5.92 Å². The van der Waals surface area contributed by atoms with Crippen LogP contribution >= 0.6 is 11.3 Å². The Morgan fingerprint density at radius 3 is 2.52 bits per heavy atom. The van der Waals surface area contributed by atoms with Crippen molar-refractivity contribution in [3.8, 4) is 0 Å². The zero-order valence-corrected chi connectivity index (χ0v) is 18.0. The molecule has 1 aliphatic carbocycles. The maximum atomic E-state index is 13.0. The monoisotopic (exact) mass is 421 g/mol. The molecule has 0 aromatic carbocycles. The summed E-state index contributed by atoms with van der Waals surface area (Å²) in [6.07, 6.45) is 5.00. The van der Waals surface area contributed by atoms with Crippen LogP contribution in [-0.2, 0) is 14.3 Å². The maximum Gasteiger partial charge on any atom is 0.341 e. The molecule has 1 atom stereocenters. The summed E-state index contributed by atoms with van der Waals surface area (Å²) >= 11 is 1.26. The Morgan fingerprint density at radius 2 is 1.90 bits per heavy atom. The number of hydrogen-bond donors (Lipinski definition) is 2. The van der Waals surface area contributed by atoms with Crippen LogP contribution in [-0.4, -0.2) is 47.9 Å². The van der Waals surface area contributed by atoms with Crippen molar-refractivity contribution in [1.82, 2.24) is 10.2 Å². The Kier molecular flexibility index (Phi) is 5.97. The minimum absolute atomic E-state index is 0.0780. The van der Waals surface area contributed by atoms with Crippen LogP contribution in [0.3, 0.4) is 0 Å². The number of rotatable bonds is 5. The molecule has 1 saturated heterocycles. The number of urea groups is 1. The summed E-state index contributed by atoms with van der Waals surface area (Å²) in [5.74, 6) is -1.36. The number of hydrogen-bond acceptors (Lipinski definition) is 6. The molecule has 1 saturated carbocycles. The van der Waals surface area contributed by atoms with Gasteiger partial charge in [-0.3, -0.25) is 14.5 Å². The number of carbonyl (C=O) groups is 4. The number of methoxy groups -OCH3 is 1. The first-order valence-electron chi connectivity index (χ1n) is 9.81. The summed E-state index contributed by atoms with van der Waals surface area (Å²) in [5, 5.41) is 5.83. The van der Waals surface area contributed by atoms with E-state index in [-0.39, 0.29) is 11.8 Å². The number of thiophene rings is 1. The third-order valence-electron chi connectivity index (χ3n) is 6.05. The summed E-state index contributed by atoms with van der Waals surface area (Å²) in [4.78, 5) is 52.0. The van der Waals surface area contributed by atoms with Crippen LogP contribution in [0, 0.1) is 19.8 Å². The molecular formula is C20H27N3O5S. The Balaban J connectivity index is 1.73. The van der Waals surface area contributed by atoms with Crippen LogP contribution in [0.15, 0.2) is 0 Å². The summed E-state index contributed by atoms with van der Waals surface area (Å²) in [7, 11) is 1.28. The van der Waals surface area contributed by atoms with Crippen LogP contribution < -0.4 is 10.6 Å². The highest BCUT2D eigenvalue weighted by molar-refractivity contribution is 7.16. The Labute approximate surface area is 174 Å². The number of anilines is 1. The lowest BCUT2D eigenvalue weighted by molar-refractivity contribution is -0.135. The fourth-order valence-corrected chi connectivity index (χ4v) is 5.25. The highest BCUT2D eigenvalue weighted by Gasteiger charge is 2.52. The molecule has 158 valence electrons. The van der Waals surface area contributed by atoms with Crippen molar-refractivity contribution in [1.29, 1.82) is 0 Å². The summed E-state index contributed by atoms with van der Waals surface area (Å²) < 4.78 is 4.80. The predicted molar refractivity (Wildman–Crippen MR) is 109 cm³/mol. The molecule has 2 heterocycles. The SMILES string of the molecule is COC(=O)c1c(NC(=O)CN2C(=O)N[C@@](C)(C3CCCCC3)C2=O)sc(C)c1C. The summed E-state index contributed by atoms with van der Waals surface area (Å²) in [5.41, 5.74) is 0.0649. The fraction of sp³-hybridized carbons (Fsp3) is 0.600. The zero-order valence-electron chi connectivity index (χ0n) is 17.2. The maximum absolute atomic E-state index is 13.0. The van der Waals surface area contributed by atoms with Gasteiger partial charge in [-0.05, 0) is 45.1 Å². The molecule has 1 aromatic rings. The van der Waals surface area contributed by atoms with E-state index in [1.807, 2.05) is 6.92 Å². The number of amides is 4. The van der Waals surface area contributed by atoms with Gasteiger partial charge in [0.2, 0.25) is 5.91 Å². The number of aryl methyl sites for hydroxylation is 1. The van der Waals surface area contributed by atoms with Gasteiger partial charge in [0, 0.05) is 4.88 Å². The summed E-state index contributed by atoms with van der Waals surface area (Å²) in [6, 6.07) is -0.551. The molecule has 2 fully saturated rings. The van der Waals surface area contributed by atoms with Gasteiger partial charge in [0.1, 0.15) is 17.1 Å². The average molecular weight is 422 g/mol. The first-order valence-corrected chi connectivity index (χ1v) is 10.6. The Morgan fingerprint density at radius 1 is 1.24 bits per heavy atom. The van der Waals surface area contributed by atoms with E-state index in [0.717, 1.165) is 47.4 Å². The van der Waals surface area contributed by atoms with Crippen LogP contribution in [0.5, 0.6) is 0 Å². The van der Waals surface area contributed by atoms with Gasteiger partial charge in [-0.25, -0.2) is 9.59 Å². The highest BCUT2D eigenvalue weighted by atomic mass is 32.1. The average Bonchev–Trinajstić information content (AvgIpc) is 3.09. The van der Waals surface area contributed by atoms with E-state index >= 15 is 0 Å². The van der Waals surface area contributed by atoms with Gasteiger partial charge in [-0.15, -0.1) is 11.3 Å². The molecule has 0 radical (unpaired) electrons. The van der Waals surface area contributed by atoms with Crippen molar-refractivity contribution >= 4 is 40.2 Å². The molecule has 0 unspecified atom stereocenters. The standard InChI is InChI=1S/C20H27N3O5S/c1-11-12(2)29-16(15(11)17(25)28-4)21-14(24)10-23-18(26)20(3,22-19(23)27)13-8-6-5-7-9-13/h13H,5-10H2,1-4H3,(H,21,24)(H,22,27)/t20-/m0/s1. The summed E-state index contributed by atoms with van der Waals surface area (Å²) in [6.45, 7) is 4.97. The third kappa shape index (κ3) is 3.88. The van der Waals surface area contributed by atoms with E-state index in [0.29, 0.717) is 10.6 Å². The number of carbonyl (C=O) groups excluding carboxylic acids is 4. The van der Waals surface area contributed by atoms with Gasteiger partial charge < -0.3 is 15.4 Å². The lowest BCUT2D eigenvalue weighted by atomic mass is 9.75. The number of nitrogens with zero attached hydrogens (tertiary/aromatic N) is 1. The molecule has 0 bridgehead atoms. The van der Waals surface area contributed by atoms with Gasteiger partial charge in [0.25, 0.3) is 5.91 Å². The fourth-order valence-electron chi connectivity index (χ4n) is 4.19. The molecule has 8 nitrogen and oxygen atoms in total. The molecule has 2 N–H and O–H groups in total. The molecule has 29 heavy (non-hydrogen) atoms. The van der Waals surface area contributed by atoms with Crippen molar-refractivity contribution in [2.45, 2.75) is 58.4 Å². The number of nitrogens with one attached hydrogen (secondary N) is 2. The van der Waals surface area contributed by atoms with E-state index in [2.05, 4.69) is 10.6 Å². The normalized spacial score (nSPS) is 22.6. The van der Waals surface area contributed by atoms with Crippen LogP contribution in [0.1, 0.15) is 59.8 Å². The van der Waals surface area contributed by atoms with Gasteiger partial charge in [-0.1, -0.05) is 19.3 Å². The molecular weight excluding hydrogens is 394 g/mol. The first-order chi connectivity index (χ1) is 13.7. The molecule has 0 spiro atoms. The Bertz CT molecular complexity index is 859. The van der Waals surface area contributed by atoms with Crippen LogP contribution in [0.25, 0.3) is 0 Å². The highest BCUT2D eigenvalue weighted by Crippen LogP contribution is 2.37. The topological polar surface area (TPSA) is 105 Å². The molecule has 3 rings (SSSR count). The Hall–Kier alpha value is -2.42. The number of imide groups is 1. The predicted octanol–water partition coefficient (Wildman–Crippen LogP) is 2.98. The second-order valence-corrected chi connectivity index (χ2v) is 9.11. The minimum Gasteiger partial charge on any atom is -0.465 e. The molecule has 2 aliphatic rings. The lowest BCUT2D eigenvalue weighted by Gasteiger charge is -2.34. The second-order valence-electron chi connectivity index (χ2n) is 7.89. The van der Waals surface area contributed by atoms with Crippen molar-refractivity contribution in [2.75, 3.05) is 19.0 Å². The third-order valence-corrected chi connectivity index (χ3v) is 7.18. The van der Waals surface area contributed by atoms with Crippen LogP contribution in [0.4, 0.5) is 9.80 Å². The van der Waals surface area contributed by atoms with Gasteiger partial charge in [-0.2, -0.15) is 0 Å². The molecule has 1 aromatic heterocycles. The lowest BCUT2D eigenvalue weighted by Crippen LogP contribution is -2.51. The minimum atomic E-state index is -0.967.